The molecule has 0 N–H and O–H groups in total. The van der Waals surface area contributed by atoms with Gasteiger partial charge in [-0.05, 0) is 6.92 Å². The second-order valence-corrected chi connectivity index (χ2v) is 4.10. The molecule has 0 aliphatic rings. The van der Waals surface area contributed by atoms with Gasteiger partial charge in [0.15, 0.2) is 5.82 Å². The van der Waals surface area contributed by atoms with Crippen molar-refractivity contribution in [1.29, 1.82) is 0 Å². The minimum atomic E-state index is -3.41. The first-order valence-corrected chi connectivity index (χ1v) is 5.55. The van der Waals surface area contributed by atoms with Gasteiger partial charge in [-0.1, -0.05) is 0 Å². The third-order valence-corrected chi connectivity index (χ3v) is 1.94. The fourth-order valence-corrected chi connectivity index (χ4v) is 1.14. The van der Waals surface area contributed by atoms with Crippen LogP contribution >= 0.6 is 0 Å². The van der Waals surface area contributed by atoms with E-state index in [0.29, 0.717) is 12.4 Å². The van der Waals surface area contributed by atoms with Crippen LogP contribution in [-0.4, -0.2) is 29.4 Å². The molecule has 7 heteroatoms. The summed E-state index contributed by atoms with van der Waals surface area (Å²) in [4.78, 5) is 3.85. The Labute approximate surface area is 76.7 Å². The molecule has 1 aromatic rings. The van der Waals surface area contributed by atoms with E-state index < -0.39 is 10.1 Å². The van der Waals surface area contributed by atoms with Gasteiger partial charge < -0.3 is 0 Å². The van der Waals surface area contributed by atoms with Crippen LogP contribution < -0.4 is 0 Å². The van der Waals surface area contributed by atoms with E-state index in [1.165, 1.54) is 6.33 Å². The van der Waals surface area contributed by atoms with Gasteiger partial charge in [0.05, 0.1) is 6.26 Å². The summed E-state index contributed by atoms with van der Waals surface area (Å²) >= 11 is 0. The molecule has 0 spiro atoms. The molecule has 13 heavy (non-hydrogen) atoms. The summed E-state index contributed by atoms with van der Waals surface area (Å²) in [7, 11) is -3.41. The zero-order valence-electron chi connectivity index (χ0n) is 7.47. The molecule has 1 rings (SSSR count). The lowest BCUT2D eigenvalue weighted by Gasteiger charge is -2.01. The SMILES string of the molecule is CCn1ncnc1COS(C)(=O)=O. The summed E-state index contributed by atoms with van der Waals surface area (Å²) in [5.41, 5.74) is 0. The Hall–Kier alpha value is -0.950. The first-order valence-electron chi connectivity index (χ1n) is 3.74. The van der Waals surface area contributed by atoms with Crippen LogP contribution in [0, 0.1) is 0 Å². The number of aryl methyl sites for hydroxylation is 1. The molecule has 0 aliphatic heterocycles. The monoisotopic (exact) mass is 205 g/mol. The number of aromatic nitrogens is 3. The highest BCUT2D eigenvalue weighted by molar-refractivity contribution is 7.85. The highest BCUT2D eigenvalue weighted by atomic mass is 32.2. The zero-order valence-corrected chi connectivity index (χ0v) is 8.28. The second-order valence-electron chi connectivity index (χ2n) is 2.46. The molecule has 6 nitrogen and oxygen atoms in total. The quantitative estimate of drug-likeness (QED) is 0.635. The molecule has 0 amide bonds. The maximum Gasteiger partial charge on any atom is 0.264 e. The van der Waals surface area contributed by atoms with E-state index in [-0.39, 0.29) is 6.61 Å². The molecule has 1 heterocycles. The van der Waals surface area contributed by atoms with Crippen molar-refractivity contribution in [1.82, 2.24) is 14.8 Å². The van der Waals surface area contributed by atoms with Crippen LogP contribution in [0.3, 0.4) is 0 Å². The Morgan fingerprint density at radius 1 is 1.62 bits per heavy atom. The number of hydrogen-bond donors (Lipinski definition) is 0. The Morgan fingerprint density at radius 3 is 2.85 bits per heavy atom. The number of rotatable bonds is 4. The van der Waals surface area contributed by atoms with E-state index in [1.54, 1.807) is 4.68 Å². The van der Waals surface area contributed by atoms with Crippen molar-refractivity contribution >= 4 is 10.1 Å². The average molecular weight is 205 g/mol. The lowest BCUT2D eigenvalue weighted by molar-refractivity contribution is 0.294. The van der Waals surface area contributed by atoms with E-state index in [0.717, 1.165) is 6.26 Å². The Kier molecular flexibility index (Phi) is 2.99. The van der Waals surface area contributed by atoms with Crippen LogP contribution in [0.15, 0.2) is 6.33 Å². The summed E-state index contributed by atoms with van der Waals surface area (Å²) < 4.78 is 27.4. The van der Waals surface area contributed by atoms with Crippen molar-refractivity contribution in [2.24, 2.45) is 0 Å². The molecular weight excluding hydrogens is 194 g/mol. The van der Waals surface area contributed by atoms with Crippen LogP contribution in [0.2, 0.25) is 0 Å². The van der Waals surface area contributed by atoms with Crippen molar-refractivity contribution in [2.75, 3.05) is 6.26 Å². The van der Waals surface area contributed by atoms with E-state index in [4.69, 9.17) is 0 Å². The van der Waals surface area contributed by atoms with E-state index in [9.17, 15) is 8.42 Å². The fourth-order valence-electron chi connectivity index (χ4n) is 0.824. The standard InChI is InChI=1S/C6H11N3O3S/c1-3-9-6(7-5-8-9)4-12-13(2,10)11/h5H,3-4H2,1-2H3. The lowest BCUT2D eigenvalue weighted by atomic mass is 10.6. The highest BCUT2D eigenvalue weighted by Crippen LogP contribution is 1.99. The average Bonchev–Trinajstić information content (AvgIpc) is 2.46. The second kappa shape index (κ2) is 3.84. The van der Waals surface area contributed by atoms with Crippen molar-refractivity contribution in [2.45, 2.75) is 20.1 Å². The largest absolute Gasteiger partial charge is 0.264 e. The van der Waals surface area contributed by atoms with Gasteiger partial charge in [-0.15, -0.1) is 0 Å². The van der Waals surface area contributed by atoms with Gasteiger partial charge >= 0.3 is 0 Å². The highest BCUT2D eigenvalue weighted by Gasteiger charge is 2.07. The van der Waals surface area contributed by atoms with Crippen LogP contribution in [0.5, 0.6) is 0 Å². The summed E-state index contributed by atoms with van der Waals surface area (Å²) in [6.45, 7) is 2.47. The van der Waals surface area contributed by atoms with Gasteiger partial charge in [-0.25, -0.2) is 9.67 Å². The molecule has 74 valence electrons. The van der Waals surface area contributed by atoms with Gasteiger partial charge in [0.25, 0.3) is 10.1 Å². The lowest BCUT2D eigenvalue weighted by Crippen LogP contribution is -2.09. The van der Waals surface area contributed by atoms with Crippen LogP contribution in [0.25, 0.3) is 0 Å². The molecule has 0 saturated carbocycles. The fraction of sp³-hybridized carbons (Fsp3) is 0.667. The molecule has 0 bridgehead atoms. The smallest absolute Gasteiger partial charge is 0.262 e. The summed E-state index contributed by atoms with van der Waals surface area (Å²) in [5.74, 6) is 0.507. The van der Waals surface area contributed by atoms with Gasteiger partial charge in [0.1, 0.15) is 12.9 Å². The molecule has 0 radical (unpaired) electrons. The van der Waals surface area contributed by atoms with Crippen LogP contribution in [0.4, 0.5) is 0 Å². The first-order chi connectivity index (χ1) is 6.03. The van der Waals surface area contributed by atoms with Crippen LogP contribution in [0.1, 0.15) is 12.7 Å². The maximum absolute atomic E-state index is 10.6. The maximum atomic E-state index is 10.6. The first kappa shape index (κ1) is 10.1. The molecule has 0 atom stereocenters. The molecule has 0 aromatic carbocycles. The molecule has 0 unspecified atom stereocenters. The van der Waals surface area contributed by atoms with E-state index in [1.807, 2.05) is 6.92 Å². The van der Waals surface area contributed by atoms with Gasteiger partial charge in [-0.3, -0.25) is 4.18 Å². The van der Waals surface area contributed by atoms with Crippen LogP contribution in [-0.2, 0) is 27.5 Å². The molecule has 0 aliphatic carbocycles. The third-order valence-electron chi connectivity index (χ3n) is 1.40. The Balaban J connectivity index is 2.64. The Bertz CT molecular complexity index is 370. The third kappa shape index (κ3) is 3.11. The number of nitrogens with zero attached hydrogens (tertiary/aromatic N) is 3. The summed E-state index contributed by atoms with van der Waals surface area (Å²) in [6, 6.07) is 0. The Morgan fingerprint density at radius 2 is 2.31 bits per heavy atom. The minimum Gasteiger partial charge on any atom is -0.262 e. The van der Waals surface area contributed by atoms with Crippen molar-refractivity contribution in [3.8, 4) is 0 Å². The van der Waals surface area contributed by atoms with Crippen molar-refractivity contribution < 1.29 is 12.6 Å². The zero-order chi connectivity index (χ0) is 9.90. The predicted molar refractivity (Wildman–Crippen MR) is 45.3 cm³/mol. The number of hydrogen-bond acceptors (Lipinski definition) is 5. The molecular formula is C6H11N3O3S. The molecule has 0 fully saturated rings. The summed E-state index contributed by atoms with van der Waals surface area (Å²) in [5, 5.41) is 3.87. The van der Waals surface area contributed by atoms with Crippen molar-refractivity contribution in [3.63, 3.8) is 0 Å². The molecule has 0 saturated heterocycles. The summed E-state index contributed by atoms with van der Waals surface area (Å²) in [6.07, 6.45) is 2.37. The van der Waals surface area contributed by atoms with E-state index >= 15 is 0 Å². The van der Waals surface area contributed by atoms with Gasteiger partial charge in [-0.2, -0.15) is 13.5 Å². The van der Waals surface area contributed by atoms with Crippen molar-refractivity contribution in [3.05, 3.63) is 12.2 Å². The topological polar surface area (TPSA) is 74.1 Å². The van der Waals surface area contributed by atoms with Gasteiger partial charge in [0.2, 0.25) is 0 Å². The van der Waals surface area contributed by atoms with Gasteiger partial charge in [0, 0.05) is 6.54 Å². The predicted octanol–water partition coefficient (Wildman–Crippen LogP) is -0.226. The minimum absolute atomic E-state index is 0.0628. The normalized spacial score (nSPS) is 11.8. The molecule has 1 aromatic heterocycles. The van der Waals surface area contributed by atoms with E-state index in [2.05, 4.69) is 14.3 Å².